The summed E-state index contributed by atoms with van der Waals surface area (Å²) in [6.07, 6.45) is 8.09. The standard InChI is InChI=1S/C21H30O5/c1-14(10-7-13-22)8-6-9-15(2)11-12-17-16(3)18(23)20(25-4)21(26-5)19(17)24/h8,11,22H,6-7,9-10,12-13H2,1-5H3/b14-8+,15-11+. The Balaban J connectivity index is 2.76. The van der Waals surface area contributed by atoms with E-state index in [1.165, 1.54) is 19.8 Å². The van der Waals surface area contributed by atoms with Gasteiger partial charge in [-0.15, -0.1) is 0 Å². The highest BCUT2D eigenvalue weighted by atomic mass is 16.5. The summed E-state index contributed by atoms with van der Waals surface area (Å²) in [5.74, 6) is -0.632. The van der Waals surface area contributed by atoms with E-state index in [2.05, 4.69) is 13.0 Å². The summed E-state index contributed by atoms with van der Waals surface area (Å²) in [4.78, 5) is 24.9. The lowest BCUT2D eigenvalue weighted by molar-refractivity contribution is -0.121. The molecule has 5 heteroatoms. The van der Waals surface area contributed by atoms with Crippen molar-refractivity contribution in [3.05, 3.63) is 46.0 Å². The predicted molar refractivity (Wildman–Crippen MR) is 101 cm³/mol. The molecular formula is C21H30O5. The fraction of sp³-hybridized carbons (Fsp3) is 0.524. The first-order chi connectivity index (χ1) is 12.4. The normalized spacial score (nSPS) is 16.5. The molecule has 1 aliphatic rings. The Morgan fingerprint density at radius 2 is 1.54 bits per heavy atom. The highest BCUT2D eigenvalue weighted by molar-refractivity contribution is 6.23. The molecule has 1 N–H and O–H groups in total. The fourth-order valence-electron chi connectivity index (χ4n) is 2.82. The van der Waals surface area contributed by atoms with E-state index in [9.17, 15) is 9.59 Å². The molecule has 26 heavy (non-hydrogen) atoms. The Bertz CT molecular complexity index is 662. The molecule has 0 heterocycles. The van der Waals surface area contributed by atoms with Crippen LogP contribution < -0.4 is 0 Å². The quantitative estimate of drug-likeness (QED) is 0.473. The molecule has 0 radical (unpaired) electrons. The van der Waals surface area contributed by atoms with Crippen LogP contribution in [0.2, 0.25) is 0 Å². The predicted octanol–water partition coefficient (Wildman–Crippen LogP) is 3.79. The van der Waals surface area contributed by atoms with Crippen LogP contribution in [0.25, 0.3) is 0 Å². The van der Waals surface area contributed by atoms with E-state index in [4.69, 9.17) is 14.6 Å². The van der Waals surface area contributed by atoms with Gasteiger partial charge in [0, 0.05) is 17.8 Å². The number of hydrogen-bond donors (Lipinski definition) is 1. The number of rotatable bonds is 10. The van der Waals surface area contributed by atoms with E-state index >= 15 is 0 Å². The van der Waals surface area contributed by atoms with Crippen molar-refractivity contribution in [2.24, 2.45) is 0 Å². The van der Waals surface area contributed by atoms with Gasteiger partial charge in [-0.1, -0.05) is 23.3 Å². The molecule has 5 nitrogen and oxygen atoms in total. The van der Waals surface area contributed by atoms with Crippen LogP contribution in [0.5, 0.6) is 0 Å². The monoisotopic (exact) mass is 362 g/mol. The third kappa shape index (κ3) is 5.70. The van der Waals surface area contributed by atoms with E-state index in [0.29, 0.717) is 17.6 Å². The zero-order valence-electron chi connectivity index (χ0n) is 16.5. The van der Waals surface area contributed by atoms with Crippen molar-refractivity contribution in [3.8, 4) is 0 Å². The van der Waals surface area contributed by atoms with Gasteiger partial charge in [0.1, 0.15) is 0 Å². The number of allylic oxidation sites excluding steroid dienone is 6. The second kappa shape index (κ2) is 10.8. The van der Waals surface area contributed by atoms with Crippen LogP contribution in [-0.2, 0) is 19.1 Å². The van der Waals surface area contributed by atoms with Gasteiger partial charge in [0.2, 0.25) is 23.1 Å². The van der Waals surface area contributed by atoms with Gasteiger partial charge >= 0.3 is 0 Å². The van der Waals surface area contributed by atoms with Crippen LogP contribution in [-0.4, -0.2) is 37.5 Å². The Labute approximate surface area is 156 Å². The molecule has 1 rings (SSSR count). The molecular weight excluding hydrogens is 332 g/mol. The zero-order valence-corrected chi connectivity index (χ0v) is 16.5. The van der Waals surface area contributed by atoms with Gasteiger partial charge in [0.05, 0.1) is 14.2 Å². The van der Waals surface area contributed by atoms with Crippen molar-refractivity contribution >= 4 is 11.6 Å². The summed E-state index contributed by atoms with van der Waals surface area (Å²) < 4.78 is 10.1. The first-order valence-electron chi connectivity index (χ1n) is 8.90. The third-order valence-electron chi connectivity index (χ3n) is 4.51. The number of aliphatic hydroxyl groups is 1. The van der Waals surface area contributed by atoms with E-state index in [1.54, 1.807) is 6.92 Å². The third-order valence-corrected chi connectivity index (χ3v) is 4.51. The first-order valence-corrected chi connectivity index (χ1v) is 8.90. The van der Waals surface area contributed by atoms with Crippen LogP contribution in [0.1, 0.15) is 52.9 Å². The maximum absolute atomic E-state index is 12.6. The molecule has 1 aliphatic carbocycles. The largest absolute Gasteiger partial charge is 0.489 e. The number of methoxy groups -OCH3 is 2. The summed E-state index contributed by atoms with van der Waals surface area (Å²) in [6, 6.07) is 0. The van der Waals surface area contributed by atoms with Crippen LogP contribution in [0.3, 0.4) is 0 Å². The molecule has 0 fully saturated rings. The second-order valence-electron chi connectivity index (χ2n) is 6.50. The average Bonchev–Trinajstić information content (AvgIpc) is 2.62. The number of hydrogen-bond acceptors (Lipinski definition) is 5. The number of carbonyl (C=O) groups excluding carboxylic acids is 2. The van der Waals surface area contributed by atoms with Gasteiger partial charge in [-0.3, -0.25) is 9.59 Å². The molecule has 0 spiro atoms. The highest BCUT2D eigenvalue weighted by Gasteiger charge is 2.33. The van der Waals surface area contributed by atoms with E-state index in [0.717, 1.165) is 31.3 Å². The van der Waals surface area contributed by atoms with Gasteiger partial charge in [-0.25, -0.2) is 0 Å². The van der Waals surface area contributed by atoms with Gasteiger partial charge < -0.3 is 14.6 Å². The van der Waals surface area contributed by atoms with Crippen molar-refractivity contribution in [2.75, 3.05) is 20.8 Å². The molecule has 0 bridgehead atoms. The maximum atomic E-state index is 12.6. The van der Waals surface area contributed by atoms with Crippen molar-refractivity contribution in [1.82, 2.24) is 0 Å². The highest BCUT2D eigenvalue weighted by Crippen LogP contribution is 2.28. The van der Waals surface area contributed by atoms with Gasteiger partial charge in [-0.2, -0.15) is 0 Å². The number of Topliss-reactive ketones (excluding diaryl/α,β-unsaturated/α-hetero) is 2. The van der Waals surface area contributed by atoms with E-state index < -0.39 is 0 Å². The topological polar surface area (TPSA) is 72.8 Å². The molecule has 0 amide bonds. The Kier molecular flexibility index (Phi) is 9.07. The van der Waals surface area contributed by atoms with Crippen molar-refractivity contribution in [3.63, 3.8) is 0 Å². The van der Waals surface area contributed by atoms with Gasteiger partial charge in [0.25, 0.3) is 0 Å². The minimum atomic E-state index is -0.299. The second-order valence-corrected chi connectivity index (χ2v) is 6.50. The lowest BCUT2D eigenvalue weighted by atomic mass is 9.90. The van der Waals surface area contributed by atoms with E-state index in [1.807, 2.05) is 13.0 Å². The minimum absolute atomic E-state index is 0.0217. The number of ketones is 2. The van der Waals surface area contributed by atoms with Crippen LogP contribution in [0.15, 0.2) is 46.0 Å². The Morgan fingerprint density at radius 3 is 2.12 bits per heavy atom. The Hall–Kier alpha value is -2.14. The SMILES string of the molecule is COC1=C(OC)C(=O)C(C/C=C(\C)CC/C=C(\C)CCCO)=C(C)C1=O. The summed E-state index contributed by atoms with van der Waals surface area (Å²) >= 11 is 0. The first kappa shape index (κ1) is 21.9. The summed E-state index contributed by atoms with van der Waals surface area (Å²) in [6.45, 7) is 5.96. The molecule has 144 valence electrons. The van der Waals surface area contributed by atoms with Crippen LogP contribution >= 0.6 is 0 Å². The van der Waals surface area contributed by atoms with E-state index in [-0.39, 0.29) is 29.7 Å². The van der Waals surface area contributed by atoms with Gasteiger partial charge in [0.15, 0.2) is 0 Å². The molecule has 0 aliphatic heterocycles. The average molecular weight is 362 g/mol. The minimum Gasteiger partial charge on any atom is -0.489 e. The molecule has 0 saturated carbocycles. The molecule has 0 unspecified atom stereocenters. The molecule has 0 aromatic heterocycles. The summed E-state index contributed by atoms with van der Waals surface area (Å²) in [5, 5.41) is 8.84. The smallest absolute Gasteiger partial charge is 0.228 e. The van der Waals surface area contributed by atoms with Gasteiger partial charge in [-0.05, 0) is 52.9 Å². The number of carbonyl (C=O) groups is 2. The number of ether oxygens (including phenoxy) is 2. The lowest BCUT2D eigenvalue weighted by Gasteiger charge is -2.19. The molecule has 0 aromatic carbocycles. The Morgan fingerprint density at radius 1 is 0.962 bits per heavy atom. The molecule has 0 aromatic rings. The fourth-order valence-corrected chi connectivity index (χ4v) is 2.82. The molecule has 0 saturated heterocycles. The summed E-state index contributed by atoms with van der Waals surface area (Å²) in [5.41, 5.74) is 3.32. The van der Waals surface area contributed by atoms with Crippen molar-refractivity contribution < 1.29 is 24.2 Å². The maximum Gasteiger partial charge on any atom is 0.228 e. The van der Waals surface area contributed by atoms with Crippen LogP contribution in [0, 0.1) is 0 Å². The van der Waals surface area contributed by atoms with Crippen molar-refractivity contribution in [2.45, 2.75) is 52.9 Å². The number of aliphatic hydroxyl groups excluding tert-OH is 1. The molecule has 0 atom stereocenters. The zero-order chi connectivity index (χ0) is 19.7. The summed E-state index contributed by atoms with van der Waals surface area (Å²) in [7, 11) is 2.72. The van der Waals surface area contributed by atoms with Crippen LogP contribution in [0.4, 0.5) is 0 Å². The lowest BCUT2D eigenvalue weighted by Crippen LogP contribution is -2.24. The van der Waals surface area contributed by atoms with Crippen molar-refractivity contribution in [1.29, 1.82) is 0 Å².